The predicted molar refractivity (Wildman–Crippen MR) is 85.4 cm³/mol. The second kappa shape index (κ2) is 5.65. The van der Waals surface area contributed by atoms with Crippen LogP contribution in [-0.4, -0.2) is 9.97 Å². The molecule has 0 aliphatic heterocycles. The first-order valence-corrected chi connectivity index (χ1v) is 7.11. The minimum Gasteiger partial charge on any atom is -0.399 e. The molecule has 3 N–H and O–H groups in total. The summed E-state index contributed by atoms with van der Waals surface area (Å²) in [6, 6.07) is 10.3. The zero-order valence-electron chi connectivity index (χ0n) is 11.0. The third-order valence-corrected chi connectivity index (χ3v) is 3.61. The Morgan fingerprint density at radius 3 is 2.86 bits per heavy atom. The summed E-state index contributed by atoms with van der Waals surface area (Å²) in [5, 5.41) is 3.99. The van der Waals surface area contributed by atoms with E-state index in [1.807, 2.05) is 6.07 Å². The zero-order chi connectivity index (χ0) is 14.8. The van der Waals surface area contributed by atoms with E-state index in [4.69, 9.17) is 5.73 Å². The molecule has 1 aromatic heterocycles. The number of nitrogens with two attached hydrogens (primary N) is 1. The highest BCUT2D eigenvalue weighted by Gasteiger charge is 2.06. The van der Waals surface area contributed by atoms with Gasteiger partial charge in [0.15, 0.2) is 0 Å². The summed E-state index contributed by atoms with van der Waals surface area (Å²) in [4.78, 5) is 8.38. The van der Waals surface area contributed by atoms with Gasteiger partial charge in [-0.2, -0.15) is 0 Å². The Kier molecular flexibility index (Phi) is 3.70. The highest BCUT2D eigenvalue weighted by atomic mass is 79.9. The van der Waals surface area contributed by atoms with Crippen LogP contribution >= 0.6 is 15.9 Å². The van der Waals surface area contributed by atoms with Crippen LogP contribution in [0.4, 0.5) is 15.9 Å². The maximum Gasteiger partial charge on any atom is 0.137 e. The number of aromatic nitrogens is 2. The van der Waals surface area contributed by atoms with Crippen molar-refractivity contribution in [3.05, 3.63) is 58.6 Å². The van der Waals surface area contributed by atoms with Crippen LogP contribution in [0.15, 0.2) is 47.2 Å². The molecule has 0 aliphatic rings. The number of nitrogens with zero attached hydrogens (tertiary/aromatic N) is 2. The second-order valence-corrected chi connectivity index (χ2v) is 5.50. The molecule has 0 saturated carbocycles. The average Bonchev–Trinajstić information content (AvgIpc) is 2.47. The lowest BCUT2D eigenvalue weighted by molar-refractivity contribution is 0.612. The van der Waals surface area contributed by atoms with Crippen LogP contribution in [0.5, 0.6) is 0 Å². The quantitative estimate of drug-likeness (QED) is 0.709. The summed E-state index contributed by atoms with van der Waals surface area (Å²) in [6.07, 6.45) is 1.46. The van der Waals surface area contributed by atoms with Gasteiger partial charge in [0.1, 0.15) is 18.0 Å². The molecule has 1 heterocycles. The topological polar surface area (TPSA) is 63.8 Å². The molecule has 0 aliphatic carbocycles. The van der Waals surface area contributed by atoms with E-state index in [1.165, 1.54) is 12.4 Å². The number of hydrogen-bond acceptors (Lipinski definition) is 4. The van der Waals surface area contributed by atoms with Crippen LogP contribution in [0, 0.1) is 5.82 Å². The number of hydrogen-bond donors (Lipinski definition) is 2. The van der Waals surface area contributed by atoms with Gasteiger partial charge in [-0.1, -0.05) is 15.9 Å². The zero-order valence-corrected chi connectivity index (χ0v) is 12.6. The minimum atomic E-state index is -0.256. The molecule has 106 valence electrons. The summed E-state index contributed by atoms with van der Waals surface area (Å²) in [5.41, 5.74) is 7.70. The van der Waals surface area contributed by atoms with Crippen molar-refractivity contribution >= 4 is 38.3 Å². The lowest BCUT2D eigenvalue weighted by Crippen LogP contribution is -2.04. The first kappa shape index (κ1) is 13.8. The fraction of sp³-hybridized carbons (Fsp3) is 0.0667. The predicted octanol–water partition coefficient (Wildman–Crippen LogP) is 3.73. The molecule has 0 fully saturated rings. The summed E-state index contributed by atoms with van der Waals surface area (Å²) in [5.74, 6) is 0.396. The second-order valence-electron chi connectivity index (χ2n) is 4.59. The summed E-state index contributed by atoms with van der Waals surface area (Å²) in [7, 11) is 0. The maximum atomic E-state index is 13.7. The van der Waals surface area contributed by atoms with Gasteiger partial charge in [-0.25, -0.2) is 14.4 Å². The molecule has 0 spiro atoms. The molecule has 2 aromatic carbocycles. The monoisotopic (exact) mass is 346 g/mol. The largest absolute Gasteiger partial charge is 0.399 e. The van der Waals surface area contributed by atoms with E-state index < -0.39 is 0 Å². The Hall–Kier alpha value is -2.21. The van der Waals surface area contributed by atoms with Gasteiger partial charge in [0.25, 0.3) is 0 Å². The maximum absolute atomic E-state index is 13.7. The standard InChI is InChI=1S/C15H12BrFN4/c16-10-1-4-13(17)9(5-10)7-19-15-12-3-2-11(18)6-14(12)20-8-21-15/h1-6,8H,7,18H2,(H,19,20,21). The van der Waals surface area contributed by atoms with Crippen molar-refractivity contribution in [1.82, 2.24) is 9.97 Å². The number of benzene rings is 2. The number of halogens is 2. The molecule has 0 saturated heterocycles. The minimum absolute atomic E-state index is 0.256. The highest BCUT2D eigenvalue weighted by Crippen LogP contribution is 2.22. The van der Waals surface area contributed by atoms with Crippen molar-refractivity contribution in [1.29, 1.82) is 0 Å². The third-order valence-electron chi connectivity index (χ3n) is 3.11. The van der Waals surface area contributed by atoms with Gasteiger partial charge in [-0.3, -0.25) is 0 Å². The van der Waals surface area contributed by atoms with Crippen LogP contribution in [0.1, 0.15) is 5.56 Å². The molecule has 3 aromatic rings. The highest BCUT2D eigenvalue weighted by molar-refractivity contribution is 9.10. The van der Waals surface area contributed by atoms with Gasteiger partial charge in [-0.15, -0.1) is 0 Å². The van der Waals surface area contributed by atoms with Crippen molar-refractivity contribution < 1.29 is 4.39 Å². The number of nitrogens with one attached hydrogen (secondary N) is 1. The SMILES string of the molecule is Nc1ccc2c(NCc3cc(Br)ccc3F)ncnc2c1. The summed E-state index contributed by atoms with van der Waals surface area (Å²) in [6.45, 7) is 0.335. The van der Waals surface area contributed by atoms with E-state index >= 15 is 0 Å². The molecule has 0 bridgehead atoms. The van der Waals surface area contributed by atoms with Crippen molar-refractivity contribution in [2.75, 3.05) is 11.1 Å². The van der Waals surface area contributed by atoms with E-state index in [-0.39, 0.29) is 5.82 Å². The van der Waals surface area contributed by atoms with Crippen molar-refractivity contribution in [2.24, 2.45) is 0 Å². The first-order chi connectivity index (χ1) is 10.1. The van der Waals surface area contributed by atoms with Crippen LogP contribution in [-0.2, 0) is 6.54 Å². The van der Waals surface area contributed by atoms with Crippen LogP contribution in [0.25, 0.3) is 10.9 Å². The molecule has 4 nitrogen and oxygen atoms in total. The summed E-state index contributed by atoms with van der Waals surface area (Å²) >= 11 is 3.34. The molecule has 0 atom stereocenters. The molecule has 6 heteroatoms. The van der Waals surface area contributed by atoms with Crippen LogP contribution in [0.2, 0.25) is 0 Å². The molecule has 21 heavy (non-hydrogen) atoms. The number of nitrogen functional groups attached to an aromatic ring is 1. The average molecular weight is 347 g/mol. The number of anilines is 2. The first-order valence-electron chi connectivity index (χ1n) is 6.31. The molecule has 0 amide bonds. The van der Waals surface area contributed by atoms with E-state index in [0.29, 0.717) is 23.6 Å². The van der Waals surface area contributed by atoms with Gasteiger partial charge in [0.2, 0.25) is 0 Å². The Bertz CT molecular complexity index is 807. The number of rotatable bonds is 3. The van der Waals surface area contributed by atoms with Crippen molar-refractivity contribution in [2.45, 2.75) is 6.54 Å². The molecular formula is C15H12BrFN4. The Morgan fingerprint density at radius 1 is 1.14 bits per heavy atom. The molecular weight excluding hydrogens is 335 g/mol. The lowest BCUT2D eigenvalue weighted by Gasteiger charge is -2.09. The normalized spacial score (nSPS) is 10.8. The van der Waals surface area contributed by atoms with E-state index in [2.05, 4.69) is 31.2 Å². The molecule has 0 radical (unpaired) electrons. The van der Waals surface area contributed by atoms with Gasteiger partial charge in [0.05, 0.1) is 5.52 Å². The lowest BCUT2D eigenvalue weighted by atomic mass is 10.2. The third kappa shape index (κ3) is 2.95. The number of fused-ring (bicyclic) bond motifs is 1. The van der Waals surface area contributed by atoms with Crippen molar-refractivity contribution in [3.63, 3.8) is 0 Å². The van der Waals surface area contributed by atoms with Gasteiger partial charge in [-0.05, 0) is 36.4 Å². The Morgan fingerprint density at radius 2 is 2.00 bits per heavy atom. The van der Waals surface area contributed by atoms with E-state index in [0.717, 1.165) is 15.4 Å². The molecule has 3 rings (SSSR count). The fourth-order valence-electron chi connectivity index (χ4n) is 2.07. The molecule has 0 unspecified atom stereocenters. The van der Waals surface area contributed by atoms with Gasteiger partial charge >= 0.3 is 0 Å². The van der Waals surface area contributed by atoms with Crippen LogP contribution < -0.4 is 11.1 Å². The Labute approximate surface area is 129 Å². The van der Waals surface area contributed by atoms with Crippen LogP contribution in [0.3, 0.4) is 0 Å². The fourth-order valence-corrected chi connectivity index (χ4v) is 2.48. The van der Waals surface area contributed by atoms with Crippen molar-refractivity contribution in [3.8, 4) is 0 Å². The van der Waals surface area contributed by atoms with Gasteiger partial charge < -0.3 is 11.1 Å². The van der Waals surface area contributed by atoms with E-state index in [1.54, 1.807) is 24.3 Å². The summed E-state index contributed by atoms with van der Waals surface area (Å²) < 4.78 is 14.6. The van der Waals surface area contributed by atoms with E-state index in [9.17, 15) is 4.39 Å². The Balaban J connectivity index is 1.90. The van der Waals surface area contributed by atoms with Gasteiger partial charge in [0, 0.05) is 27.7 Å². The smallest absolute Gasteiger partial charge is 0.137 e.